The zero-order valence-electron chi connectivity index (χ0n) is 12.0. The van der Waals surface area contributed by atoms with Crippen LogP contribution in [0.5, 0.6) is 0 Å². The molecule has 0 atom stereocenters. The van der Waals surface area contributed by atoms with Crippen LogP contribution < -0.4 is 16.0 Å². The minimum atomic E-state index is -0.814. The summed E-state index contributed by atoms with van der Waals surface area (Å²) in [7, 11) is 3.88. The molecule has 106 valence electrons. The summed E-state index contributed by atoms with van der Waals surface area (Å²) in [5.41, 5.74) is 7.02. The van der Waals surface area contributed by atoms with Crippen molar-refractivity contribution in [2.75, 3.05) is 24.3 Å². The number of halogens is 1. The highest BCUT2D eigenvalue weighted by atomic mass is 79.9. The second kappa shape index (κ2) is 6.39. The minimum absolute atomic E-state index is 0.140. The monoisotopic (exact) mass is 327 g/mol. The van der Waals surface area contributed by atoms with Gasteiger partial charge in [0.15, 0.2) is 0 Å². The van der Waals surface area contributed by atoms with E-state index in [0.29, 0.717) is 12.8 Å². The van der Waals surface area contributed by atoms with E-state index in [9.17, 15) is 4.79 Å². The number of carbonyl (C=O) groups excluding carboxylic acids is 1. The van der Waals surface area contributed by atoms with E-state index in [4.69, 9.17) is 5.73 Å². The summed E-state index contributed by atoms with van der Waals surface area (Å²) in [6, 6.07) is 5.79. The minimum Gasteiger partial charge on any atom is -0.376 e. The fourth-order valence-corrected chi connectivity index (χ4v) is 2.18. The van der Waals surface area contributed by atoms with Crippen LogP contribution in [0.3, 0.4) is 0 Å². The number of hydrogen-bond acceptors (Lipinski definition) is 3. The first-order valence-electron chi connectivity index (χ1n) is 6.41. The molecule has 1 aromatic rings. The molecule has 0 aromatic heterocycles. The SMILES string of the molecule is CCC(N)(CC)C(=O)Nc1cc(Br)ccc1N(C)C. The van der Waals surface area contributed by atoms with E-state index >= 15 is 0 Å². The number of hydrogen-bond donors (Lipinski definition) is 2. The summed E-state index contributed by atoms with van der Waals surface area (Å²) >= 11 is 3.42. The molecule has 0 heterocycles. The van der Waals surface area contributed by atoms with Crippen LogP contribution in [0, 0.1) is 0 Å². The third-order valence-corrected chi connectivity index (χ3v) is 3.90. The molecule has 1 aromatic carbocycles. The molecular weight excluding hydrogens is 306 g/mol. The Kier molecular flexibility index (Phi) is 5.38. The molecule has 3 N–H and O–H groups in total. The lowest BCUT2D eigenvalue weighted by Gasteiger charge is -2.27. The largest absolute Gasteiger partial charge is 0.376 e. The molecule has 4 nitrogen and oxygen atoms in total. The summed E-state index contributed by atoms with van der Waals surface area (Å²) in [5.74, 6) is -0.140. The highest BCUT2D eigenvalue weighted by Crippen LogP contribution is 2.29. The summed E-state index contributed by atoms with van der Waals surface area (Å²) in [6.45, 7) is 3.85. The molecule has 0 saturated heterocycles. The first kappa shape index (κ1) is 16.0. The van der Waals surface area contributed by atoms with Crippen molar-refractivity contribution in [3.63, 3.8) is 0 Å². The van der Waals surface area contributed by atoms with Gasteiger partial charge in [-0.1, -0.05) is 29.8 Å². The van der Waals surface area contributed by atoms with Crippen molar-refractivity contribution in [3.8, 4) is 0 Å². The van der Waals surface area contributed by atoms with E-state index < -0.39 is 5.54 Å². The van der Waals surface area contributed by atoms with E-state index in [1.807, 2.05) is 51.0 Å². The van der Waals surface area contributed by atoms with Gasteiger partial charge < -0.3 is 16.0 Å². The number of nitrogens with one attached hydrogen (secondary N) is 1. The maximum Gasteiger partial charge on any atom is 0.244 e. The zero-order valence-corrected chi connectivity index (χ0v) is 13.5. The second-order valence-electron chi connectivity index (χ2n) is 4.87. The molecule has 0 radical (unpaired) electrons. The molecule has 0 aliphatic carbocycles. The quantitative estimate of drug-likeness (QED) is 0.874. The molecular formula is C14H22BrN3O. The van der Waals surface area contributed by atoms with Gasteiger partial charge in [0.1, 0.15) is 0 Å². The van der Waals surface area contributed by atoms with E-state index in [2.05, 4.69) is 21.2 Å². The highest BCUT2D eigenvalue weighted by molar-refractivity contribution is 9.10. The lowest BCUT2D eigenvalue weighted by atomic mass is 9.93. The Balaban J connectivity index is 3.05. The molecule has 5 heteroatoms. The van der Waals surface area contributed by atoms with Gasteiger partial charge in [0.05, 0.1) is 16.9 Å². The van der Waals surface area contributed by atoms with Gasteiger partial charge in [-0.25, -0.2) is 0 Å². The first-order chi connectivity index (χ1) is 8.84. The van der Waals surface area contributed by atoms with Gasteiger partial charge in [0.2, 0.25) is 5.91 Å². The molecule has 0 aliphatic heterocycles. The van der Waals surface area contributed by atoms with Crippen LogP contribution in [-0.4, -0.2) is 25.5 Å². The number of anilines is 2. The van der Waals surface area contributed by atoms with Gasteiger partial charge in [-0.3, -0.25) is 4.79 Å². The summed E-state index contributed by atoms with van der Waals surface area (Å²) in [6.07, 6.45) is 1.22. The Bertz CT molecular complexity index is 456. The summed E-state index contributed by atoms with van der Waals surface area (Å²) < 4.78 is 0.920. The second-order valence-corrected chi connectivity index (χ2v) is 5.79. The van der Waals surface area contributed by atoms with Crippen molar-refractivity contribution in [2.45, 2.75) is 32.2 Å². The number of benzene rings is 1. The number of amides is 1. The predicted molar refractivity (Wildman–Crippen MR) is 84.6 cm³/mol. The molecule has 0 spiro atoms. The van der Waals surface area contributed by atoms with E-state index in [-0.39, 0.29) is 5.91 Å². The molecule has 0 bridgehead atoms. The first-order valence-corrected chi connectivity index (χ1v) is 7.20. The maximum absolute atomic E-state index is 12.3. The lowest BCUT2D eigenvalue weighted by molar-refractivity contribution is -0.121. The number of rotatable bonds is 5. The summed E-state index contributed by atoms with van der Waals surface area (Å²) in [5, 5.41) is 2.94. The molecule has 0 aliphatic rings. The van der Waals surface area contributed by atoms with Crippen LogP contribution in [0.25, 0.3) is 0 Å². The van der Waals surface area contributed by atoms with Gasteiger partial charge >= 0.3 is 0 Å². The normalized spacial score (nSPS) is 11.3. The van der Waals surface area contributed by atoms with Gasteiger partial charge in [-0.15, -0.1) is 0 Å². The van der Waals surface area contributed by atoms with Crippen LogP contribution in [0.2, 0.25) is 0 Å². The van der Waals surface area contributed by atoms with E-state index in [1.54, 1.807) is 0 Å². The van der Waals surface area contributed by atoms with Crippen molar-refractivity contribution >= 4 is 33.2 Å². The third-order valence-electron chi connectivity index (χ3n) is 3.40. The standard InChI is InChI=1S/C14H22BrN3O/c1-5-14(16,6-2)13(19)17-11-9-10(15)7-8-12(11)18(3)4/h7-9H,5-6,16H2,1-4H3,(H,17,19). The topological polar surface area (TPSA) is 58.4 Å². The predicted octanol–water partition coefficient (Wildman–Crippen LogP) is 2.97. The van der Waals surface area contributed by atoms with Crippen LogP contribution in [0.4, 0.5) is 11.4 Å². The van der Waals surface area contributed by atoms with E-state index in [0.717, 1.165) is 15.8 Å². The Labute approximate surface area is 123 Å². The average Bonchev–Trinajstić information content (AvgIpc) is 2.37. The van der Waals surface area contributed by atoms with Gasteiger partial charge in [0, 0.05) is 18.6 Å². The van der Waals surface area contributed by atoms with Gasteiger partial charge in [-0.2, -0.15) is 0 Å². The molecule has 0 unspecified atom stereocenters. The van der Waals surface area contributed by atoms with Crippen LogP contribution >= 0.6 is 15.9 Å². The van der Waals surface area contributed by atoms with Crippen molar-refractivity contribution in [3.05, 3.63) is 22.7 Å². The zero-order chi connectivity index (χ0) is 14.6. The fourth-order valence-electron chi connectivity index (χ4n) is 1.82. The number of carbonyl (C=O) groups is 1. The molecule has 1 amide bonds. The van der Waals surface area contributed by atoms with E-state index in [1.165, 1.54) is 0 Å². The van der Waals surface area contributed by atoms with Crippen molar-refractivity contribution in [2.24, 2.45) is 5.73 Å². The van der Waals surface area contributed by atoms with Crippen molar-refractivity contribution < 1.29 is 4.79 Å². The van der Waals surface area contributed by atoms with Gasteiger partial charge in [-0.05, 0) is 31.0 Å². The maximum atomic E-state index is 12.3. The Morgan fingerprint density at radius 3 is 2.42 bits per heavy atom. The third kappa shape index (κ3) is 3.70. The van der Waals surface area contributed by atoms with Crippen LogP contribution in [-0.2, 0) is 4.79 Å². The number of nitrogens with zero attached hydrogens (tertiary/aromatic N) is 1. The fraction of sp³-hybridized carbons (Fsp3) is 0.500. The Morgan fingerprint density at radius 1 is 1.37 bits per heavy atom. The average molecular weight is 328 g/mol. The Hall–Kier alpha value is -1.07. The summed E-state index contributed by atoms with van der Waals surface area (Å²) in [4.78, 5) is 14.3. The smallest absolute Gasteiger partial charge is 0.244 e. The lowest BCUT2D eigenvalue weighted by Crippen LogP contribution is -2.50. The number of nitrogens with two attached hydrogens (primary N) is 1. The molecule has 1 rings (SSSR count). The molecule has 0 fully saturated rings. The van der Waals surface area contributed by atoms with Crippen LogP contribution in [0.15, 0.2) is 22.7 Å². The highest BCUT2D eigenvalue weighted by Gasteiger charge is 2.30. The van der Waals surface area contributed by atoms with Crippen LogP contribution in [0.1, 0.15) is 26.7 Å². The molecule has 19 heavy (non-hydrogen) atoms. The van der Waals surface area contributed by atoms with Crippen molar-refractivity contribution in [1.29, 1.82) is 0 Å². The molecule has 0 saturated carbocycles. The van der Waals surface area contributed by atoms with Gasteiger partial charge in [0.25, 0.3) is 0 Å². The van der Waals surface area contributed by atoms with Crippen molar-refractivity contribution in [1.82, 2.24) is 0 Å². The Morgan fingerprint density at radius 2 is 1.95 bits per heavy atom.